The Bertz CT molecular complexity index is 559. The minimum absolute atomic E-state index is 0.0852. The molecule has 0 N–H and O–H groups in total. The van der Waals surface area contributed by atoms with Gasteiger partial charge >= 0.3 is 0 Å². The topological polar surface area (TPSA) is 18.5 Å². The Morgan fingerprint density at radius 3 is 2.92 bits per heavy atom. The van der Waals surface area contributed by atoms with Crippen molar-refractivity contribution < 1.29 is 9.47 Å². The second-order valence-electron chi connectivity index (χ2n) is 6.66. The predicted molar refractivity (Wildman–Crippen MR) is 100 cm³/mol. The Morgan fingerprint density at radius 2 is 2.29 bits per heavy atom. The minimum Gasteiger partial charge on any atom is -0.485 e. The first kappa shape index (κ1) is 18.6. The maximum absolute atomic E-state index is 5.67. The molecule has 1 saturated carbocycles. The van der Waals surface area contributed by atoms with Crippen molar-refractivity contribution in [2.45, 2.75) is 51.6 Å². The lowest BCUT2D eigenvalue weighted by molar-refractivity contribution is 0.113. The van der Waals surface area contributed by atoms with Gasteiger partial charge in [0.1, 0.15) is 12.4 Å². The molecule has 0 heterocycles. The largest absolute Gasteiger partial charge is 0.485 e. The number of methoxy groups -OCH3 is 1. The molecule has 0 aromatic rings. The van der Waals surface area contributed by atoms with Gasteiger partial charge in [0, 0.05) is 13.5 Å². The molecular weight excluding hydrogens is 296 g/mol. The number of hydrogen-bond acceptors (Lipinski definition) is 2. The van der Waals surface area contributed by atoms with Crippen molar-refractivity contribution in [3.8, 4) is 12.3 Å². The average molecular weight is 326 g/mol. The number of hydrogen-bond donors (Lipinski definition) is 0. The highest BCUT2D eigenvalue weighted by atomic mass is 16.5. The van der Waals surface area contributed by atoms with Gasteiger partial charge in [-0.05, 0) is 62.5 Å². The van der Waals surface area contributed by atoms with E-state index in [-0.39, 0.29) is 6.10 Å². The Hall–Kier alpha value is -1.72. The number of terminal acetylenes is 1. The Kier molecular flexibility index (Phi) is 7.40. The smallest absolute Gasteiger partial charge is 0.148 e. The summed E-state index contributed by atoms with van der Waals surface area (Å²) in [4.78, 5) is 0. The summed E-state index contributed by atoms with van der Waals surface area (Å²) in [6.45, 7) is 6.76. The standard InChI is InChI=1S/C22H30O2/c1-5-7-8-9-10-17(3)21-11-12-22(21)18-14-19(23-4)16-20(15-18)24-13-6-2/h2,5,7,14-15,19,21-22H,3,8-13,16H2,1,4H3. The van der Waals surface area contributed by atoms with Crippen LogP contribution in [0.2, 0.25) is 0 Å². The van der Waals surface area contributed by atoms with Crippen LogP contribution in [0.3, 0.4) is 0 Å². The summed E-state index contributed by atoms with van der Waals surface area (Å²) in [5.41, 5.74) is 2.74. The van der Waals surface area contributed by atoms with Gasteiger partial charge < -0.3 is 9.47 Å². The molecule has 3 unspecified atom stereocenters. The van der Waals surface area contributed by atoms with Crippen LogP contribution in [0.5, 0.6) is 0 Å². The number of rotatable bonds is 9. The highest BCUT2D eigenvalue weighted by Gasteiger charge is 2.35. The fraction of sp³-hybridized carbons (Fsp3) is 0.545. The maximum atomic E-state index is 5.67. The third-order valence-corrected chi connectivity index (χ3v) is 5.08. The third-order valence-electron chi connectivity index (χ3n) is 5.08. The van der Waals surface area contributed by atoms with Gasteiger partial charge in [-0.1, -0.05) is 36.3 Å². The summed E-state index contributed by atoms with van der Waals surface area (Å²) < 4.78 is 11.2. The molecular formula is C22H30O2. The Balaban J connectivity index is 1.98. The molecule has 0 aromatic heterocycles. The SMILES string of the molecule is C#CCOC1=CC(C2CCC2C(=C)CCCC=CC)=CC(OC)C1. The monoisotopic (exact) mass is 326 g/mol. The molecule has 0 radical (unpaired) electrons. The van der Waals surface area contributed by atoms with Gasteiger partial charge in [0.2, 0.25) is 0 Å². The number of ether oxygens (including phenoxy) is 2. The van der Waals surface area contributed by atoms with Crippen LogP contribution < -0.4 is 0 Å². The van der Waals surface area contributed by atoms with E-state index in [0.717, 1.165) is 25.0 Å². The molecule has 24 heavy (non-hydrogen) atoms. The molecule has 3 atom stereocenters. The molecule has 0 amide bonds. The fourth-order valence-electron chi connectivity index (χ4n) is 3.57. The van der Waals surface area contributed by atoms with Crippen molar-refractivity contribution in [2.75, 3.05) is 13.7 Å². The van der Waals surface area contributed by atoms with Gasteiger partial charge in [-0.15, -0.1) is 6.42 Å². The van der Waals surface area contributed by atoms with Gasteiger partial charge in [-0.25, -0.2) is 0 Å². The molecule has 130 valence electrons. The normalized spacial score (nSPS) is 26.3. The second kappa shape index (κ2) is 9.55. The Labute approximate surface area is 147 Å². The van der Waals surface area contributed by atoms with E-state index in [1.807, 2.05) is 0 Å². The van der Waals surface area contributed by atoms with Gasteiger partial charge in [0.05, 0.1) is 6.10 Å². The first-order valence-corrected chi connectivity index (χ1v) is 8.99. The van der Waals surface area contributed by atoms with E-state index in [9.17, 15) is 0 Å². The molecule has 2 heteroatoms. The van der Waals surface area contributed by atoms with Crippen LogP contribution in [0.1, 0.15) is 45.4 Å². The molecule has 2 rings (SSSR count). The molecule has 0 saturated heterocycles. The fourth-order valence-corrected chi connectivity index (χ4v) is 3.57. The predicted octanol–water partition coefficient (Wildman–Crippen LogP) is 5.19. The van der Waals surface area contributed by atoms with Crippen molar-refractivity contribution in [1.29, 1.82) is 0 Å². The van der Waals surface area contributed by atoms with Crippen LogP contribution in [-0.4, -0.2) is 19.8 Å². The maximum Gasteiger partial charge on any atom is 0.148 e. The third kappa shape index (κ3) is 4.89. The summed E-state index contributed by atoms with van der Waals surface area (Å²) in [6.07, 6.45) is 20.9. The molecule has 0 spiro atoms. The van der Waals surface area contributed by atoms with Crippen molar-refractivity contribution in [3.05, 3.63) is 47.8 Å². The number of unbranched alkanes of at least 4 members (excludes halogenated alkanes) is 1. The summed E-state index contributed by atoms with van der Waals surface area (Å²) in [7, 11) is 1.75. The first-order valence-electron chi connectivity index (χ1n) is 8.99. The zero-order valence-corrected chi connectivity index (χ0v) is 15.1. The van der Waals surface area contributed by atoms with Gasteiger partial charge in [0.25, 0.3) is 0 Å². The van der Waals surface area contributed by atoms with E-state index in [2.05, 4.69) is 43.7 Å². The minimum atomic E-state index is 0.0852. The van der Waals surface area contributed by atoms with Crippen molar-refractivity contribution in [3.63, 3.8) is 0 Å². The van der Waals surface area contributed by atoms with Crippen LogP contribution in [0.4, 0.5) is 0 Å². The van der Waals surface area contributed by atoms with Crippen molar-refractivity contribution in [1.82, 2.24) is 0 Å². The van der Waals surface area contributed by atoms with Gasteiger partial charge in [0.15, 0.2) is 0 Å². The van der Waals surface area contributed by atoms with E-state index >= 15 is 0 Å². The lowest BCUT2D eigenvalue weighted by Gasteiger charge is -2.40. The molecule has 0 aromatic carbocycles. The van der Waals surface area contributed by atoms with Crippen LogP contribution in [0.25, 0.3) is 0 Å². The average Bonchev–Trinajstić information content (AvgIpc) is 2.55. The van der Waals surface area contributed by atoms with E-state index in [1.54, 1.807) is 7.11 Å². The highest BCUT2D eigenvalue weighted by molar-refractivity contribution is 5.34. The number of allylic oxidation sites excluding steroid dienone is 5. The molecule has 0 aliphatic heterocycles. The van der Waals surface area contributed by atoms with E-state index in [4.69, 9.17) is 15.9 Å². The zero-order chi connectivity index (χ0) is 17.4. The lowest BCUT2D eigenvalue weighted by Crippen LogP contribution is -2.30. The quantitative estimate of drug-likeness (QED) is 0.330. The van der Waals surface area contributed by atoms with Crippen molar-refractivity contribution >= 4 is 0 Å². The molecule has 2 nitrogen and oxygen atoms in total. The van der Waals surface area contributed by atoms with E-state index < -0.39 is 0 Å². The van der Waals surface area contributed by atoms with Crippen molar-refractivity contribution in [2.24, 2.45) is 11.8 Å². The van der Waals surface area contributed by atoms with Gasteiger partial charge in [-0.3, -0.25) is 0 Å². The van der Waals surface area contributed by atoms with E-state index in [1.165, 1.54) is 30.4 Å². The van der Waals surface area contributed by atoms with E-state index in [0.29, 0.717) is 18.4 Å². The first-order chi connectivity index (χ1) is 11.7. The zero-order valence-electron chi connectivity index (χ0n) is 15.1. The molecule has 2 aliphatic rings. The lowest BCUT2D eigenvalue weighted by atomic mass is 9.65. The summed E-state index contributed by atoms with van der Waals surface area (Å²) in [5, 5.41) is 0. The molecule has 1 fully saturated rings. The highest BCUT2D eigenvalue weighted by Crippen LogP contribution is 2.46. The second-order valence-corrected chi connectivity index (χ2v) is 6.66. The van der Waals surface area contributed by atoms with Crippen LogP contribution >= 0.6 is 0 Å². The summed E-state index contributed by atoms with van der Waals surface area (Å²) >= 11 is 0. The molecule has 2 aliphatic carbocycles. The Morgan fingerprint density at radius 1 is 1.46 bits per heavy atom. The summed E-state index contributed by atoms with van der Waals surface area (Å²) in [6, 6.07) is 0. The van der Waals surface area contributed by atoms with Crippen LogP contribution in [-0.2, 0) is 9.47 Å². The van der Waals surface area contributed by atoms with Crippen LogP contribution in [0.15, 0.2) is 47.8 Å². The van der Waals surface area contributed by atoms with Crippen LogP contribution in [0, 0.1) is 24.2 Å². The summed E-state index contributed by atoms with van der Waals surface area (Å²) in [5.74, 6) is 4.64. The van der Waals surface area contributed by atoms with Gasteiger partial charge in [-0.2, -0.15) is 0 Å². The molecule has 0 bridgehead atoms.